The third kappa shape index (κ3) is 4.13. The van der Waals surface area contributed by atoms with Gasteiger partial charge in [0.2, 0.25) is 5.91 Å². The summed E-state index contributed by atoms with van der Waals surface area (Å²) in [4.78, 5) is 28.1. The summed E-state index contributed by atoms with van der Waals surface area (Å²) in [6, 6.07) is 12.7. The van der Waals surface area contributed by atoms with Gasteiger partial charge in [0.05, 0.1) is 16.9 Å². The number of carbonyl (C=O) groups excluding carboxylic acids is 2. The van der Waals surface area contributed by atoms with E-state index in [2.05, 4.69) is 15.0 Å². The number of ether oxygens (including phenoxy) is 1. The summed E-state index contributed by atoms with van der Waals surface area (Å²) in [7, 11) is -3.76. The van der Waals surface area contributed by atoms with Crippen LogP contribution in [0.3, 0.4) is 0 Å². The van der Waals surface area contributed by atoms with Gasteiger partial charge >= 0.3 is 5.97 Å². The van der Waals surface area contributed by atoms with E-state index in [1.54, 1.807) is 29.6 Å². The number of amides is 1. The Balaban J connectivity index is 1.40. The second kappa shape index (κ2) is 7.64. The second-order valence-corrected chi connectivity index (χ2v) is 8.78. The number of nitrogens with one attached hydrogen (secondary N) is 2. The molecule has 0 saturated carbocycles. The quantitative estimate of drug-likeness (QED) is 0.582. The molecule has 4 rings (SSSR count). The van der Waals surface area contributed by atoms with Crippen LogP contribution < -0.4 is 10.0 Å². The van der Waals surface area contributed by atoms with Crippen molar-refractivity contribution in [2.24, 2.45) is 0 Å². The van der Waals surface area contributed by atoms with Crippen LogP contribution in [0, 0.1) is 0 Å². The topological polar surface area (TPSA) is 114 Å². The van der Waals surface area contributed by atoms with E-state index < -0.39 is 22.1 Å². The van der Waals surface area contributed by atoms with Gasteiger partial charge in [-0.25, -0.2) is 18.2 Å². The van der Waals surface area contributed by atoms with E-state index in [1.807, 2.05) is 0 Å². The first-order valence-electron chi connectivity index (χ1n) is 8.54. The number of rotatable bonds is 6. The van der Waals surface area contributed by atoms with Crippen LogP contribution in [0.2, 0.25) is 0 Å². The number of nitrogens with zero attached hydrogens (tertiary/aromatic N) is 1. The Labute approximate surface area is 170 Å². The number of hydrogen-bond donors (Lipinski definition) is 2. The van der Waals surface area contributed by atoms with Gasteiger partial charge in [0, 0.05) is 22.8 Å². The lowest BCUT2D eigenvalue weighted by molar-refractivity contribution is -0.118. The number of aromatic nitrogens is 1. The van der Waals surface area contributed by atoms with E-state index in [0.717, 1.165) is 0 Å². The van der Waals surface area contributed by atoms with Crippen molar-refractivity contribution in [2.45, 2.75) is 17.4 Å². The van der Waals surface area contributed by atoms with Gasteiger partial charge in [-0.3, -0.25) is 9.52 Å². The SMILES string of the molecule is O=C(CC1OC(=O)c2ccccc21)Nc1ccc(S(=O)(=O)Nc2nccs2)cc1. The molecule has 2 aromatic carbocycles. The Morgan fingerprint density at radius 3 is 2.62 bits per heavy atom. The minimum Gasteiger partial charge on any atom is -0.453 e. The normalized spacial score (nSPS) is 15.4. The second-order valence-electron chi connectivity index (χ2n) is 6.20. The van der Waals surface area contributed by atoms with Crippen LogP contribution in [0.1, 0.15) is 28.4 Å². The first-order chi connectivity index (χ1) is 13.9. The van der Waals surface area contributed by atoms with E-state index in [1.165, 1.54) is 41.8 Å². The molecule has 3 aromatic rings. The lowest BCUT2D eigenvalue weighted by atomic mass is 10.0. The maximum absolute atomic E-state index is 12.3. The number of carbonyl (C=O) groups is 2. The zero-order valence-electron chi connectivity index (χ0n) is 14.9. The zero-order chi connectivity index (χ0) is 20.4. The standard InChI is InChI=1S/C19H15N3O5S2/c23-17(11-16-14-3-1-2-4-15(14)18(24)27-16)21-12-5-7-13(8-6-12)29(25,26)22-19-20-9-10-28-19/h1-10,16H,11H2,(H,20,22)(H,21,23). The summed E-state index contributed by atoms with van der Waals surface area (Å²) < 4.78 is 32.3. The summed E-state index contributed by atoms with van der Waals surface area (Å²) in [5.74, 6) is -0.795. The summed E-state index contributed by atoms with van der Waals surface area (Å²) in [5.41, 5.74) is 1.58. The molecular weight excluding hydrogens is 414 g/mol. The highest BCUT2D eigenvalue weighted by atomic mass is 32.2. The predicted octanol–water partition coefficient (Wildman–Crippen LogP) is 3.18. The predicted molar refractivity (Wildman–Crippen MR) is 107 cm³/mol. The van der Waals surface area contributed by atoms with Crippen LogP contribution in [0.25, 0.3) is 0 Å². The molecule has 0 radical (unpaired) electrons. The van der Waals surface area contributed by atoms with Gasteiger partial charge in [-0.15, -0.1) is 11.3 Å². The van der Waals surface area contributed by atoms with Gasteiger partial charge in [0.15, 0.2) is 5.13 Å². The number of benzene rings is 2. The fraction of sp³-hybridized carbons (Fsp3) is 0.105. The van der Waals surface area contributed by atoms with Gasteiger partial charge in [-0.2, -0.15) is 0 Å². The molecule has 1 aromatic heterocycles. The smallest absolute Gasteiger partial charge is 0.339 e. The van der Waals surface area contributed by atoms with E-state index >= 15 is 0 Å². The first kappa shape index (κ1) is 19.1. The molecule has 2 heterocycles. The lowest BCUT2D eigenvalue weighted by Crippen LogP contribution is -2.16. The van der Waals surface area contributed by atoms with Crippen molar-refractivity contribution in [3.05, 3.63) is 71.2 Å². The lowest BCUT2D eigenvalue weighted by Gasteiger charge is -2.11. The molecule has 8 nitrogen and oxygen atoms in total. The fourth-order valence-corrected chi connectivity index (χ4v) is 4.71. The van der Waals surface area contributed by atoms with Gasteiger partial charge in [0.25, 0.3) is 10.0 Å². The number of hydrogen-bond acceptors (Lipinski definition) is 7. The maximum Gasteiger partial charge on any atom is 0.339 e. The van der Waals surface area contributed by atoms with Gasteiger partial charge < -0.3 is 10.1 Å². The van der Waals surface area contributed by atoms with Crippen molar-refractivity contribution in [1.29, 1.82) is 0 Å². The molecule has 0 bridgehead atoms. The molecule has 0 spiro atoms. The van der Waals surface area contributed by atoms with Crippen molar-refractivity contribution in [1.82, 2.24) is 4.98 Å². The maximum atomic E-state index is 12.3. The van der Waals surface area contributed by atoms with Crippen LogP contribution in [0.5, 0.6) is 0 Å². The average molecular weight is 429 g/mol. The zero-order valence-corrected chi connectivity index (χ0v) is 16.5. The number of thiazole rings is 1. The Hall–Kier alpha value is -3.24. The third-order valence-corrected chi connectivity index (χ3v) is 6.42. The Morgan fingerprint density at radius 2 is 1.90 bits per heavy atom. The summed E-state index contributed by atoms with van der Waals surface area (Å²) in [5, 5.41) is 4.62. The molecule has 1 aliphatic rings. The summed E-state index contributed by atoms with van der Waals surface area (Å²) >= 11 is 1.17. The van der Waals surface area contributed by atoms with Crippen LogP contribution >= 0.6 is 11.3 Å². The van der Waals surface area contributed by atoms with Crippen molar-refractivity contribution in [3.63, 3.8) is 0 Å². The van der Waals surface area contributed by atoms with E-state index in [9.17, 15) is 18.0 Å². The van der Waals surface area contributed by atoms with Gasteiger partial charge in [-0.05, 0) is 30.3 Å². The van der Waals surface area contributed by atoms with Crippen LogP contribution in [0.4, 0.5) is 10.8 Å². The molecule has 29 heavy (non-hydrogen) atoms. The number of anilines is 2. The molecular formula is C19H15N3O5S2. The molecule has 1 unspecified atom stereocenters. The number of sulfonamides is 1. The largest absolute Gasteiger partial charge is 0.453 e. The molecule has 0 fully saturated rings. The van der Waals surface area contributed by atoms with E-state index in [0.29, 0.717) is 16.8 Å². The monoisotopic (exact) mass is 429 g/mol. The summed E-state index contributed by atoms with van der Waals surface area (Å²) in [6.07, 6.45) is 0.830. The molecule has 1 aliphatic heterocycles. The Morgan fingerprint density at radius 1 is 1.14 bits per heavy atom. The van der Waals surface area contributed by atoms with Crippen LogP contribution in [-0.4, -0.2) is 25.3 Å². The third-order valence-electron chi connectivity index (χ3n) is 4.25. The minimum atomic E-state index is -3.76. The number of esters is 1. The van der Waals surface area contributed by atoms with Crippen molar-refractivity contribution in [3.8, 4) is 0 Å². The van der Waals surface area contributed by atoms with Crippen molar-refractivity contribution < 1.29 is 22.7 Å². The van der Waals surface area contributed by atoms with E-state index in [4.69, 9.17) is 4.74 Å². The highest BCUT2D eigenvalue weighted by Crippen LogP contribution is 2.33. The van der Waals surface area contributed by atoms with Crippen molar-refractivity contribution >= 4 is 44.1 Å². The summed E-state index contributed by atoms with van der Waals surface area (Å²) in [6.45, 7) is 0. The highest BCUT2D eigenvalue weighted by molar-refractivity contribution is 7.93. The first-order valence-corrected chi connectivity index (χ1v) is 10.9. The number of fused-ring (bicyclic) bond motifs is 1. The van der Waals surface area contributed by atoms with Gasteiger partial charge in [-0.1, -0.05) is 18.2 Å². The highest BCUT2D eigenvalue weighted by Gasteiger charge is 2.32. The molecule has 2 N–H and O–H groups in total. The molecule has 0 saturated heterocycles. The fourth-order valence-electron chi connectivity index (χ4n) is 2.92. The van der Waals surface area contributed by atoms with E-state index in [-0.39, 0.29) is 22.4 Å². The van der Waals surface area contributed by atoms with Crippen LogP contribution in [0.15, 0.2) is 65.0 Å². The minimum absolute atomic E-state index is 0.0333. The molecule has 1 amide bonds. The Bertz CT molecular complexity index is 1160. The molecule has 1 atom stereocenters. The number of cyclic esters (lactones) is 1. The average Bonchev–Trinajstić information content (AvgIpc) is 3.30. The molecule has 0 aliphatic carbocycles. The molecule has 10 heteroatoms. The van der Waals surface area contributed by atoms with Crippen molar-refractivity contribution in [2.75, 3.05) is 10.0 Å². The van der Waals surface area contributed by atoms with Crippen LogP contribution in [-0.2, 0) is 19.6 Å². The Kier molecular flexibility index (Phi) is 5.03. The molecule has 148 valence electrons. The van der Waals surface area contributed by atoms with Gasteiger partial charge in [0.1, 0.15) is 6.10 Å².